The average Bonchev–Trinajstić information content (AvgIpc) is 3.14. The lowest BCUT2D eigenvalue weighted by Crippen LogP contribution is -2.26. The highest BCUT2D eigenvalue weighted by Gasteiger charge is 2.36. The Morgan fingerprint density at radius 3 is 2.24 bits per heavy atom. The van der Waals surface area contributed by atoms with Crippen LogP contribution in [0, 0.1) is 0 Å². The van der Waals surface area contributed by atoms with Crippen molar-refractivity contribution in [3.8, 4) is 11.5 Å². The maximum Gasteiger partial charge on any atom is 0.163 e. The van der Waals surface area contributed by atoms with Gasteiger partial charge in [-0.2, -0.15) is 0 Å². The number of hydrogen-bond donors (Lipinski definition) is 2. The van der Waals surface area contributed by atoms with Gasteiger partial charge in [0, 0.05) is 17.7 Å². The molecule has 0 bridgehead atoms. The molecule has 0 saturated heterocycles. The van der Waals surface area contributed by atoms with Crippen molar-refractivity contribution in [3.05, 3.63) is 131 Å². The third-order valence-electron chi connectivity index (χ3n) is 7.34. The highest BCUT2D eigenvalue weighted by atomic mass is 16.5. The highest BCUT2D eigenvalue weighted by molar-refractivity contribution is 6.01. The Morgan fingerprint density at radius 1 is 0.763 bits per heavy atom. The fraction of sp³-hybridized carbons (Fsp3) is 0.182. The molecule has 190 valence electrons. The lowest BCUT2D eigenvalue weighted by molar-refractivity contribution is -0.116. The van der Waals surface area contributed by atoms with Crippen LogP contribution in [0.5, 0.6) is 11.5 Å². The number of ketones is 1. The number of fused-ring (bicyclic) bond motifs is 1. The van der Waals surface area contributed by atoms with Gasteiger partial charge in [-0.25, -0.2) is 0 Å². The van der Waals surface area contributed by atoms with Crippen LogP contribution >= 0.6 is 0 Å². The summed E-state index contributed by atoms with van der Waals surface area (Å²) in [5.74, 6) is 1.60. The van der Waals surface area contributed by atoms with Crippen LogP contribution in [0.2, 0.25) is 0 Å². The minimum absolute atomic E-state index is 0.143. The number of benzene rings is 4. The summed E-state index contributed by atoms with van der Waals surface area (Å²) in [7, 11) is 1.65. The minimum Gasteiger partial charge on any atom is -0.493 e. The second-order valence-electron chi connectivity index (χ2n) is 9.76. The SMILES string of the molecule is COc1cc(C2Nc3ccccc3NC3=C2C(=O)CC(c2ccccc2)C3)ccc1OCc1ccccc1. The largest absolute Gasteiger partial charge is 0.493 e. The fourth-order valence-electron chi connectivity index (χ4n) is 5.42. The summed E-state index contributed by atoms with van der Waals surface area (Å²) >= 11 is 0. The van der Waals surface area contributed by atoms with E-state index in [1.165, 1.54) is 5.56 Å². The molecule has 1 aliphatic carbocycles. The number of anilines is 2. The second-order valence-corrected chi connectivity index (χ2v) is 9.76. The lowest BCUT2D eigenvalue weighted by atomic mass is 9.78. The molecule has 0 saturated carbocycles. The highest BCUT2D eigenvalue weighted by Crippen LogP contribution is 2.45. The standard InChI is InChI=1S/C33H30N2O3/c1-37-31-20-24(16-17-30(31)38-21-22-10-4-2-5-11-22)33-32-28(34-26-14-8-9-15-27(26)35-33)18-25(19-29(32)36)23-12-6-3-7-13-23/h2-17,20,25,33-35H,18-19,21H2,1H3. The van der Waals surface area contributed by atoms with E-state index in [0.29, 0.717) is 24.5 Å². The van der Waals surface area contributed by atoms with E-state index in [2.05, 4.69) is 22.8 Å². The van der Waals surface area contributed by atoms with Gasteiger partial charge in [0.25, 0.3) is 0 Å². The third kappa shape index (κ3) is 4.75. The van der Waals surface area contributed by atoms with Gasteiger partial charge in [0.05, 0.1) is 24.5 Å². The minimum atomic E-state index is -0.317. The van der Waals surface area contributed by atoms with Crippen molar-refractivity contribution in [2.75, 3.05) is 17.7 Å². The zero-order valence-electron chi connectivity index (χ0n) is 21.3. The van der Waals surface area contributed by atoms with Crippen molar-refractivity contribution in [1.82, 2.24) is 0 Å². The van der Waals surface area contributed by atoms with E-state index in [0.717, 1.165) is 40.2 Å². The van der Waals surface area contributed by atoms with Crippen molar-refractivity contribution < 1.29 is 14.3 Å². The molecular weight excluding hydrogens is 472 g/mol. The topological polar surface area (TPSA) is 59.6 Å². The summed E-state index contributed by atoms with van der Waals surface area (Å²) < 4.78 is 11.8. The molecule has 0 aromatic heterocycles. The first-order valence-corrected chi connectivity index (χ1v) is 13.0. The summed E-state index contributed by atoms with van der Waals surface area (Å²) in [6.07, 6.45) is 1.25. The first kappa shape index (κ1) is 23.9. The van der Waals surface area contributed by atoms with Crippen molar-refractivity contribution >= 4 is 17.2 Å². The quantitative estimate of drug-likeness (QED) is 0.291. The molecule has 38 heavy (non-hydrogen) atoms. The van der Waals surface area contributed by atoms with Crippen LogP contribution in [-0.4, -0.2) is 12.9 Å². The second kappa shape index (κ2) is 10.5. The molecule has 0 amide bonds. The molecule has 1 aliphatic heterocycles. The fourth-order valence-corrected chi connectivity index (χ4v) is 5.42. The monoisotopic (exact) mass is 502 g/mol. The molecule has 2 atom stereocenters. The average molecular weight is 503 g/mol. The predicted octanol–water partition coefficient (Wildman–Crippen LogP) is 7.25. The van der Waals surface area contributed by atoms with Gasteiger partial charge in [-0.3, -0.25) is 4.79 Å². The molecular formula is C33H30N2O3. The number of hydrogen-bond acceptors (Lipinski definition) is 5. The number of methoxy groups -OCH3 is 1. The van der Waals surface area contributed by atoms with E-state index in [4.69, 9.17) is 9.47 Å². The van der Waals surface area contributed by atoms with E-state index < -0.39 is 0 Å². The van der Waals surface area contributed by atoms with Gasteiger partial charge in [-0.05, 0) is 53.3 Å². The Hall–Kier alpha value is -4.51. The number of allylic oxidation sites excluding steroid dienone is 1. The van der Waals surface area contributed by atoms with E-state index in [9.17, 15) is 4.79 Å². The van der Waals surface area contributed by atoms with E-state index in [1.807, 2.05) is 91.0 Å². The molecule has 4 aromatic carbocycles. The molecule has 5 heteroatoms. The Labute approximate surface area is 223 Å². The Balaban J connectivity index is 1.36. The maximum absolute atomic E-state index is 13.8. The molecule has 2 aliphatic rings. The van der Waals surface area contributed by atoms with Gasteiger partial charge in [0.15, 0.2) is 17.3 Å². The number of para-hydroxylation sites is 2. The van der Waals surface area contributed by atoms with Crippen molar-refractivity contribution in [2.24, 2.45) is 0 Å². The molecule has 6 rings (SSSR count). The van der Waals surface area contributed by atoms with Crippen LogP contribution in [0.1, 0.15) is 41.5 Å². The summed E-state index contributed by atoms with van der Waals surface area (Å²) in [6, 6.07) is 34.1. The van der Waals surface area contributed by atoms with Gasteiger partial charge >= 0.3 is 0 Å². The molecule has 0 spiro atoms. The van der Waals surface area contributed by atoms with Crippen molar-refractivity contribution in [1.29, 1.82) is 0 Å². The Kier molecular flexibility index (Phi) is 6.57. The van der Waals surface area contributed by atoms with Crippen molar-refractivity contribution in [3.63, 3.8) is 0 Å². The zero-order valence-corrected chi connectivity index (χ0v) is 21.3. The van der Waals surface area contributed by atoms with Crippen LogP contribution in [0.15, 0.2) is 114 Å². The summed E-state index contributed by atoms with van der Waals surface area (Å²) in [5, 5.41) is 7.26. The smallest absolute Gasteiger partial charge is 0.163 e. The number of carbonyl (C=O) groups is 1. The first-order valence-electron chi connectivity index (χ1n) is 13.0. The summed E-state index contributed by atoms with van der Waals surface area (Å²) in [6.45, 7) is 0.449. The Morgan fingerprint density at radius 2 is 1.47 bits per heavy atom. The number of carbonyl (C=O) groups excluding carboxylic acids is 1. The number of nitrogens with one attached hydrogen (secondary N) is 2. The maximum atomic E-state index is 13.8. The number of ether oxygens (including phenoxy) is 2. The molecule has 1 heterocycles. The summed E-state index contributed by atoms with van der Waals surface area (Å²) in [5.41, 5.74) is 6.92. The van der Waals surface area contributed by atoms with E-state index >= 15 is 0 Å². The van der Waals surface area contributed by atoms with Crippen LogP contribution in [0.3, 0.4) is 0 Å². The Bertz CT molecular complexity index is 1480. The van der Waals surface area contributed by atoms with Crippen LogP contribution in [0.25, 0.3) is 0 Å². The normalized spacial score (nSPS) is 18.4. The molecule has 0 fully saturated rings. The van der Waals surface area contributed by atoms with Crippen LogP contribution < -0.4 is 20.1 Å². The predicted molar refractivity (Wildman–Crippen MR) is 151 cm³/mol. The van der Waals surface area contributed by atoms with Gasteiger partial charge in [0.2, 0.25) is 0 Å². The van der Waals surface area contributed by atoms with Gasteiger partial charge in [-0.15, -0.1) is 0 Å². The van der Waals surface area contributed by atoms with Gasteiger partial charge < -0.3 is 20.1 Å². The molecule has 4 aromatic rings. The van der Waals surface area contributed by atoms with E-state index in [-0.39, 0.29) is 17.7 Å². The molecule has 2 unspecified atom stereocenters. The molecule has 0 radical (unpaired) electrons. The van der Waals surface area contributed by atoms with Crippen molar-refractivity contribution in [2.45, 2.75) is 31.4 Å². The van der Waals surface area contributed by atoms with E-state index in [1.54, 1.807) is 7.11 Å². The summed E-state index contributed by atoms with van der Waals surface area (Å²) in [4.78, 5) is 13.8. The number of rotatable bonds is 6. The third-order valence-corrected chi connectivity index (χ3v) is 7.34. The lowest BCUT2D eigenvalue weighted by Gasteiger charge is -2.30. The van der Waals surface area contributed by atoms with Gasteiger partial charge in [0.1, 0.15) is 6.61 Å². The molecule has 5 nitrogen and oxygen atoms in total. The van der Waals surface area contributed by atoms with Crippen LogP contribution in [-0.2, 0) is 11.4 Å². The zero-order chi connectivity index (χ0) is 25.9. The van der Waals surface area contributed by atoms with Crippen LogP contribution in [0.4, 0.5) is 11.4 Å². The number of Topliss-reactive ketones (excluding diaryl/α,β-unsaturated/α-hetero) is 1. The van der Waals surface area contributed by atoms with Gasteiger partial charge in [-0.1, -0.05) is 78.9 Å². The molecule has 2 N–H and O–H groups in total. The first-order chi connectivity index (χ1) is 18.7.